The Morgan fingerprint density at radius 2 is 2.04 bits per heavy atom. The highest BCUT2D eigenvalue weighted by Crippen LogP contribution is 2.28. The number of hydrogen-bond acceptors (Lipinski definition) is 4. The Morgan fingerprint density at radius 3 is 2.80 bits per heavy atom. The van der Waals surface area contributed by atoms with Crippen molar-refractivity contribution in [2.45, 2.75) is 0 Å². The van der Waals surface area contributed by atoms with Crippen molar-refractivity contribution in [3.63, 3.8) is 0 Å². The number of aromatic nitrogens is 2. The summed E-state index contributed by atoms with van der Waals surface area (Å²) in [5.41, 5.74) is 2.49. The Morgan fingerprint density at radius 1 is 1.20 bits per heavy atom. The molecule has 124 valence electrons. The second-order valence-electron chi connectivity index (χ2n) is 5.50. The van der Waals surface area contributed by atoms with Gasteiger partial charge in [-0.25, -0.2) is 4.68 Å². The van der Waals surface area contributed by atoms with Gasteiger partial charge in [-0.1, -0.05) is 0 Å². The van der Waals surface area contributed by atoms with Gasteiger partial charge in [0.15, 0.2) is 6.61 Å². The smallest absolute Gasteiger partial charge is 0.262 e. The van der Waals surface area contributed by atoms with Gasteiger partial charge in [-0.05, 0) is 48.5 Å². The number of rotatable bonds is 3. The van der Waals surface area contributed by atoms with Crippen LogP contribution >= 0.6 is 0 Å². The Balaban J connectivity index is 1.50. The van der Waals surface area contributed by atoms with Crippen LogP contribution in [0.5, 0.6) is 5.75 Å². The topological polar surface area (TPSA) is 85.2 Å². The van der Waals surface area contributed by atoms with Crippen molar-refractivity contribution in [2.24, 2.45) is 0 Å². The van der Waals surface area contributed by atoms with Gasteiger partial charge in [-0.2, -0.15) is 5.10 Å². The fraction of sp³-hybridized carbons (Fsp3) is 0.0556. The van der Waals surface area contributed by atoms with Crippen LogP contribution in [0, 0.1) is 0 Å². The van der Waals surface area contributed by atoms with Crippen molar-refractivity contribution in [1.82, 2.24) is 9.78 Å². The SMILES string of the molecule is O=C1COc2ccc(C(=O)Nc3ccc(-n4cccn4)cc3)cc2N1. The lowest BCUT2D eigenvalue weighted by Gasteiger charge is -2.18. The van der Waals surface area contributed by atoms with Crippen LogP contribution in [0.2, 0.25) is 0 Å². The number of nitrogens with zero attached hydrogens (tertiary/aromatic N) is 2. The van der Waals surface area contributed by atoms with Crippen LogP contribution < -0.4 is 15.4 Å². The van der Waals surface area contributed by atoms with Gasteiger partial charge in [0.25, 0.3) is 11.8 Å². The highest BCUT2D eigenvalue weighted by Gasteiger charge is 2.17. The lowest BCUT2D eigenvalue weighted by Crippen LogP contribution is -2.25. The number of ether oxygens (including phenoxy) is 1. The molecule has 4 rings (SSSR count). The van der Waals surface area contributed by atoms with Crippen molar-refractivity contribution in [1.29, 1.82) is 0 Å². The number of carbonyl (C=O) groups is 2. The zero-order valence-corrected chi connectivity index (χ0v) is 13.1. The average molecular weight is 334 g/mol. The molecule has 2 amide bonds. The quantitative estimate of drug-likeness (QED) is 0.770. The average Bonchev–Trinajstić information content (AvgIpc) is 3.16. The molecule has 1 aliphatic heterocycles. The summed E-state index contributed by atoms with van der Waals surface area (Å²) < 4.78 is 7.02. The maximum Gasteiger partial charge on any atom is 0.262 e. The maximum absolute atomic E-state index is 12.4. The second-order valence-corrected chi connectivity index (χ2v) is 5.50. The molecule has 7 nitrogen and oxygen atoms in total. The van der Waals surface area contributed by atoms with Crippen molar-refractivity contribution in [3.05, 3.63) is 66.5 Å². The summed E-state index contributed by atoms with van der Waals surface area (Å²) in [6, 6.07) is 14.1. The molecule has 0 saturated heterocycles. The van der Waals surface area contributed by atoms with Crippen molar-refractivity contribution in [3.8, 4) is 11.4 Å². The van der Waals surface area contributed by atoms with Gasteiger partial charge in [-0.3, -0.25) is 9.59 Å². The maximum atomic E-state index is 12.4. The molecule has 7 heteroatoms. The van der Waals surface area contributed by atoms with Crippen molar-refractivity contribution in [2.75, 3.05) is 17.2 Å². The summed E-state index contributed by atoms with van der Waals surface area (Å²) in [4.78, 5) is 23.8. The first-order chi connectivity index (χ1) is 12.2. The van der Waals surface area contributed by atoms with Gasteiger partial charge in [0.2, 0.25) is 0 Å². The molecule has 0 bridgehead atoms. The first-order valence-corrected chi connectivity index (χ1v) is 7.67. The van der Waals surface area contributed by atoms with E-state index in [2.05, 4.69) is 15.7 Å². The summed E-state index contributed by atoms with van der Waals surface area (Å²) in [5.74, 6) is 0.0495. The molecule has 2 aromatic carbocycles. The molecule has 0 fully saturated rings. The third-order valence-electron chi connectivity index (χ3n) is 3.77. The molecular formula is C18H14N4O3. The van der Waals surface area contributed by atoms with E-state index < -0.39 is 0 Å². The van der Waals surface area contributed by atoms with Crippen LogP contribution in [-0.2, 0) is 4.79 Å². The second kappa shape index (κ2) is 6.12. The van der Waals surface area contributed by atoms with E-state index >= 15 is 0 Å². The highest BCUT2D eigenvalue weighted by atomic mass is 16.5. The summed E-state index contributed by atoms with van der Waals surface area (Å²) in [6.45, 7) is -0.0128. The molecule has 0 spiro atoms. The Bertz CT molecular complexity index is 933. The van der Waals surface area contributed by atoms with E-state index in [0.717, 1.165) is 5.69 Å². The molecule has 25 heavy (non-hydrogen) atoms. The van der Waals surface area contributed by atoms with E-state index in [1.807, 2.05) is 24.4 Å². The first kappa shape index (κ1) is 14.9. The number of hydrogen-bond donors (Lipinski definition) is 2. The first-order valence-electron chi connectivity index (χ1n) is 7.67. The van der Waals surface area contributed by atoms with E-state index in [1.54, 1.807) is 41.2 Å². The van der Waals surface area contributed by atoms with E-state index in [1.165, 1.54) is 0 Å². The van der Waals surface area contributed by atoms with Gasteiger partial charge < -0.3 is 15.4 Å². The molecule has 0 atom stereocenters. The van der Waals surface area contributed by atoms with Crippen LogP contribution in [-0.4, -0.2) is 28.2 Å². The predicted molar refractivity (Wildman–Crippen MR) is 92.1 cm³/mol. The van der Waals surface area contributed by atoms with Gasteiger partial charge in [0.05, 0.1) is 11.4 Å². The highest BCUT2D eigenvalue weighted by molar-refractivity contribution is 6.06. The van der Waals surface area contributed by atoms with Crippen molar-refractivity contribution < 1.29 is 14.3 Å². The van der Waals surface area contributed by atoms with Crippen LogP contribution in [0.3, 0.4) is 0 Å². The number of nitrogens with one attached hydrogen (secondary N) is 2. The summed E-state index contributed by atoms with van der Waals surface area (Å²) >= 11 is 0. The normalized spacial score (nSPS) is 12.7. The minimum Gasteiger partial charge on any atom is -0.482 e. The number of amides is 2. The zero-order valence-electron chi connectivity index (χ0n) is 13.1. The molecule has 2 N–H and O–H groups in total. The Hall–Kier alpha value is -3.61. The summed E-state index contributed by atoms with van der Waals surface area (Å²) in [7, 11) is 0. The van der Waals surface area contributed by atoms with E-state index in [-0.39, 0.29) is 18.4 Å². The Kier molecular flexibility index (Phi) is 3.66. The lowest BCUT2D eigenvalue weighted by atomic mass is 10.1. The van der Waals surface area contributed by atoms with Gasteiger partial charge in [0.1, 0.15) is 5.75 Å². The fourth-order valence-electron chi connectivity index (χ4n) is 2.55. The molecule has 0 saturated carbocycles. The van der Waals surface area contributed by atoms with Crippen LogP contribution in [0.25, 0.3) is 5.69 Å². The predicted octanol–water partition coefficient (Wildman–Crippen LogP) is 2.46. The summed E-state index contributed by atoms with van der Waals surface area (Å²) in [5, 5.41) is 9.67. The summed E-state index contributed by atoms with van der Waals surface area (Å²) in [6.07, 6.45) is 3.55. The monoisotopic (exact) mass is 334 g/mol. The third-order valence-corrected chi connectivity index (χ3v) is 3.77. The number of carbonyl (C=O) groups excluding carboxylic acids is 2. The van der Waals surface area contributed by atoms with E-state index in [9.17, 15) is 9.59 Å². The van der Waals surface area contributed by atoms with Gasteiger partial charge >= 0.3 is 0 Å². The van der Waals surface area contributed by atoms with Gasteiger partial charge in [0, 0.05) is 23.6 Å². The van der Waals surface area contributed by atoms with Crippen LogP contribution in [0.4, 0.5) is 11.4 Å². The molecule has 0 aliphatic carbocycles. The number of anilines is 2. The van der Waals surface area contributed by atoms with Crippen LogP contribution in [0.15, 0.2) is 60.9 Å². The Labute approximate surface area is 143 Å². The number of fused-ring (bicyclic) bond motifs is 1. The molecular weight excluding hydrogens is 320 g/mol. The molecule has 1 aliphatic rings. The third kappa shape index (κ3) is 3.07. The molecule has 2 heterocycles. The minimum absolute atomic E-state index is 0.0128. The van der Waals surface area contributed by atoms with Gasteiger partial charge in [-0.15, -0.1) is 0 Å². The largest absolute Gasteiger partial charge is 0.482 e. The molecule has 3 aromatic rings. The lowest BCUT2D eigenvalue weighted by molar-refractivity contribution is -0.118. The van der Waals surface area contributed by atoms with Crippen LogP contribution in [0.1, 0.15) is 10.4 Å². The molecule has 0 radical (unpaired) electrons. The molecule has 0 unspecified atom stereocenters. The fourth-order valence-corrected chi connectivity index (χ4v) is 2.55. The van der Waals surface area contributed by atoms with E-state index in [0.29, 0.717) is 22.7 Å². The number of benzene rings is 2. The standard InChI is InChI=1S/C18H14N4O3/c23-17-11-25-16-7-2-12(10-15(16)21-17)18(24)20-13-3-5-14(6-4-13)22-9-1-8-19-22/h1-10H,11H2,(H,20,24)(H,21,23). The minimum atomic E-state index is -0.269. The zero-order chi connectivity index (χ0) is 17.2. The van der Waals surface area contributed by atoms with Crippen molar-refractivity contribution >= 4 is 23.2 Å². The molecule has 1 aromatic heterocycles. The van der Waals surface area contributed by atoms with E-state index in [4.69, 9.17) is 4.74 Å².